The third-order valence-electron chi connectivity index (χ3n) is 1.97. The van der Waals surface area contributed by atoms with Crippen molar-refractivity contribution in [2.24, 2.45) is 0 Å². The van der Waals surface area contributed by atoms with Gasteiger partial charge in [-0.05, 0) is 36.3 Å². The summed E-state index contributed by atoms with van der Waals surface area (Å²) in [7, 11) is 0. The van der Waals surface area contributed by atoms with Crippen LogP contribution in [0.25, 0.3) is 6.08 Å². The Morgan fingerprint density at radius 3 is 2.53 bits per heavy atom. The van der Waals surface area contributed by atoms with Crippen molar-refractivity contribution in [3.8, 4) is 0 Å². The maximum Gasteiger partial charge on any atom is 0.0718 e. The molecule has 0 spiro atoms. The van der Waals surface area contributed by atoms with Gasteiger partial charge in [0.25, 0.3) is 0 Å². The number of carbonyl (C=O) groups excluding carboxylic acids is 2. The van der Waals surface area contributed by atoms with Gasteiger partial charge < -0.3 is 19.8 Å². The molecule has 17 heavy (non-hydrogen) atoms. The molecule has 1 rings (SSSR count). The second kappa shape index (κ2) is 5.60. The van der Waals surface area contributed by atoms with Crippen LogP contribution in [0.4, 0.5) is 0 Å². The quantitative estimate of drug-likeness (QED) is 0.485. The van der Waals surface area contributed by atoms with E-state index in [0.29, 0.717) is 11.6 Å². The zero-order valence-corrected chi connectivity index (χ0v) is 9.04. The molecule has 88 valence electrons. The van der Waals surface area contributed by atoms with Gasteiger partial charge in [-0.1, -0.05) is 6.07 Å². The van der Waals surface area contributed by atoms with Crippen LogP contribution in [0, 0.1) is 0 Å². The minimum absolute atomic E-state index is 0.0499. The van der Waals surface area contributed by atoms with Crippen LogP contribution in [0.15, 0.2) is 41.7 Å². The minimum atomic E-state index is -1.46. The summed E-state index contributed by atoms with van der Waals surface area (Å²) in [4.78, 5) is 25.0. The third kappa shape index (κ3) is 3.90. The highest BCUT2D eigenvalue weighted by molar-refractivity contribution is 5.97. The van der Waals surface area contributed by atoms with E-state index in [2.05, 4.69) is 4.98 Å². The summed E-state index contributed by atoms with van der Waals surface area (Å²) in [5.74, 6) is -2.91. The first kappa shape index (κ1) is 12.6. The molecule has 0 unspecified atom stereocenters. The second-order valence-electron chi connectivity index (χ2n) is 3.28. The molecule has 0 amide bonds. The molecule has 0 aliphatic carbocycles. The summed E-state index contributed by atoms with van der Waals surface area (Å²) in [6.45, 7) is 1.35. The number of carbonyl (C=O) groups is 2. The van der Waals surface area contributed by atoms with Crippen molar-refractivity contribution in [3.63, 3.8) is 0 Å². The summed E-state index contributed by atoms with van der Waals surface area (Å²) in [5.41, 5.74) is 0.369. The molecule has 0 fully saturated rings. The molecule has 0 N–H and O–H groups in total. The lowest BCUT2D eigenvalue weighted by molar-refractivity contribution is -0.298. The molecular formula is C12H9NO4-2. The van der Waals surface area contributed by atoms with Crippen LogP contribution < -0.4 is 10.2 Å². The predicted octanol–water partition coefficient (Wildman–Crippen LogP) is -1.09. The Kier molecular flexibility index (Phi) is 4.16. The number of carboxylic acids is 2. The summed E-state index contributed by atoms with van der Waals surface area (Å²) in [5, 5.41) is 21.2. The van der Waals surface area contributed by atoms with E-state index in [-0.39, 0.29) is 11.1 Å². The van der Waals surface area contributed by atoms with Crippen LogP contribution in [0.3, 0.4) is 0 Å². The van der Waals surface area contributed by atoms with E-state index in [4.69, 9.17) is 0 Å². The van der Waals surface area contributed by atoms with Gasteiger partial charge in [-0.2, -0.15) is 0 Å². The lowest BCUT2D eigenvalue weighted by Gasteiger charge is -2.09. The van der Waals surface area contributed by atoms with E-state index in [1.54, 1.807) is 18.3 Å². The molecule has 0 saturated heterocycles. The Bertz CT molecular complexity index is 488. The van der Waals surface area contributed by atoms with Crippen molar-refractivity contribution in [1.82, 2.24) is 4.98 Å². The number of aliphatic carboxylic acids is 2. The molecule has 5 nitrogen and oxygen atoms in total. The molecule has 0 aromatic carbocycles. The SMILES string of the molecule is CC(=C\C(=O)[O-])/C(=C\c1cccnc1)C(=O)[O-]. The summed E-state index contributed by atoms with van der Waals surface area (Å²) < 4.78 is 0. The van der Waals surface area contributed by atoms with Crippen LogP contribution in [-0.2, 0) is 9.59 Å². The van der Waals surface area contributed by atoms with Crippen LogP contribution >= 0.6 is 0 Å². The number of hydrogen-bond acceptors (Lipinski definition) is 5. The lowest BCUT2D eigenvalue weighted by Crippen LogP contribution is -2.26. The van der Waals surface area contributed by atoms with Crippen molar-refractivity contribution < 1.29 is 19.8 Å². The molecule has 0 saturated carbocycles. The molecule has 0 radical (unpaired) electrons. The average molecular weight is 231 g/mol. The number of hydrogen-bond donors (Lipinski definition) is 0. The maximum atomic E-state index is 10.9. The Balaban J connectivity index is 3.15. The van der Waals surface area contributed by atoms with Crippen molar-refractivity contribution in [3.05, 3.63) is 47.3 Å². The van der Waals surface area contributed by atoms with Gasteiger partial charge in [0.1, 0.15) is 0 Å². The van der Waals surface area contributed by atoms with Crippen molar-refractivity contribution in [2.75, 3.05) is 0 Å². The molecule has 1 aromatic rings. The molecule has 0 aliphatic rings. The van der Waals surface area contributed by atoms with Gasteiger partial charge in [0.05, 0.1) is 11.9 Å². The van der Waals surface area contributed by atoms with E-state index in [1.807, 2.05) is 0 Å². The van der Waals surface area contributed by atoms with Gasteiger partial charge in [-0.3, -0.25) is 4.98 Å². The summed E-state index contributed by atoms with van der Waals surface area (Å²) in [6, 6.07) is 3.28. The fourth-order valence-electron chi connectivity index (χ4n) is 1.22. The zero-order valence-electron chi connectivity index (χ0n) is 9.04. The first-order valence-electron chi connectivity index (χ1n) is 4.73. The number of pyridine rings is 1. The number of carboxylic acid groups (broad SMARTS) is 2. The first-order chi connectivity index (χ1) is 8.00. The third-order valence-corrected chi connectivity index (χ3v) is 1.97. The van der Waals surface area contributed by atoms with E-state index < -0.39 is 11.9 Å². The smallest absolute Gasteiger partial charge is 0.0718 e. The van der Waals surface area contributed by atoms with E-state index in [9.17, 15) is 19.8 Å². The highest BCUT2D eigenvalue weighted by atomic mass is 16.4. The standard InChI is InChI=1S/C12H11NO4/c1-8(5-11(14)15)10(12(16)17)6-9-3-2-4-13-7-9/h2-7H,1H3,(H,14,15)(H,16,17)/p-2/b8-5+,10-6+. The van der Waals surface area contributed by atoms with E-state index >= 15 is 0 Å². The summed E-state index contributed by atoms with van der Waals surface area (Å²) >= 11 is 0. The van der Waals surface area contributed by atoms with Gasteiger partial charge in [-0.25, -0.2) is 0 Å². The normalized spacial score (nSPS) is 12.3. The van der Waals surface area contributed by atoms with Gasteiger partial charge in [-0.15, -0.1) is 0 Å². The molecular weight excluding hydrogens is 222 g/mol. The Morgan fingerprint density at radius 1 is 1.35 bits per heavy atom. The molecule has 0 atom stereocenters. The van der Waals surface area contributed by atoms with E-state index in [1.165, 1.54) is 19.2 Å². The summed E-state index contributed by atoms with van der Waals surface area (Å²) in [6.07, 6.45) is 4.99. The lowest BCUT2D eigenvalue weighted by atomic mass is 10.0. The van der Waals surface area contributed by atoms with Crippen molar-refractivity contribution in [2.45, 2.75) is 6.92 Å². The highest BCUT2D eigenvalue weighted by Gasteiger charge is 2.02. The largest absolute Gasteiger partial charge is 0.545 e. The Morgan fingerprint density at radius 2 is 2.06 bits per heavy atom. The van der Waals surface area contributed by atoms with Gasteiger partial charge >= 0.3 is 0 Å². The Labute approximate surface area is 97.7 Å². The minimum Gasteiger partial charge on any atom is -0.545 e. The highest BCUT2D eigenvalue weighted by Crippen LogP contribution is 2.13. The van der Waals surface area contributed by atoms with Gasteiger partial charge in [0.15, 0.2) is 0 Å². The Hall–Kier alpha value is -2.43. The first-order valence-corrected chi connectivity index (χ1v) is 4.73. The van der Waals surface area contributed by atoms with E-state index in [0.717, 1.165) is 0 Å². The fourth-order valence-corrected chi connectivity index (χ4v) is 1.22. The molecule has 1 heterocycles. The predicted molar refractivity (Wildman–Crippen MR) is 56.0 cm³/mol. The van der Waals surface area contributed by atoms with Crippen molar-refractivity contribution >= 4 is 18.0 Å². The maximum absolute atomic E-state index is 10.9. The number of rotatable bonds is 4. The van der Waals surface area contributed by atoms with Crippen LogP contribution in [-0.4, -0.2) is 16.9 Å². The second-order valence-corrected chi connectivity index (χ2v) is 3.28. The molecule has 1 aromatic heterocycles. The van der Waals surface area contributed by atoms with Crippen LogP contribution in [0.5, 0.6) is 0 Å². The van der Waals surface area contributed by atoms with Gasteiger partial charge in [0, 0.05) is 18.0 Å². The topological polar surface area (TPSA) is 93.2 Å². The van der Waals surface area contributed by atoms with Gasteiger partial charge in [0.2, 0.25) is 0 Å². The number of aromatic nitrogens is 1. The fraction of sp³-hybridized carbons (Fsp3) is 0.0833. The average Bonchev–Trinajstić information content (AvgIpc) is 2.25. The molecule has 0 bridgehead atoms. The zero-order chi connectivity index (χ0) is 12.8. The van der Waals surface area contributed by atoms with Crippen LogP contribution in [0.2, 0.25) is 0 Å². The molecule has 0 aliphatic heterocycles. The van der Waals surface area contributed by atoms with Crippen molar-refractivity contribution in [1.29, 1.82) is 0 Å². The van der Waals surface area contributed by atoms with Crippen LogP contribution in [0.1, 0.15) is 12.5 Å². The monoisotopic (exact) mass is 231 g/mol. The molecule has 5 heteroatoms. The number of nitrogens with zero attached hydrogens (tertiary/aromatic N) is 1.